The summed E-state index contributed by atoms with van der Waals surface area (Å²) in [4.78, 5) is 19.2. The van der Waals surface area contributed by atoms with Crippen molar-refractivity contribution in [3.63, 3.8) is 0 Å². The van der Waals surface area contributed by atoms with E-state index in [4.69, 9.17) is 4.98 Å². The van der Waals surface area contributed by atoms with E-state index in [0.29, 0.717) is 16.9 Å². The number of aromatic nitrogens is 3. The summed E-state index contributed by atoms with van der Waals surface area (Å²) in [5, 5.41) is 6.63. The molecule has 0 amide bonds. The number of hydrogen-bond donors (Lipinski definition) is 3. The molecule has 0 bridgehead atoms. The molecule has 0 aliphatic rings. The van der Waals surface area contributed by atoms with Crippen molar-refractivity contribution >= 4 is 38.4 Å². The predicted molar refractivity (Wildman–Crippen MR) is 125 cm³/mol. The molecule has 0 atom stereocenters. The van der Waals surface area contributed by atoms with E-state index in [1.165, 1.54) is 11.8 Å². The largest absolute Gasteiger partial charge is 0.301 e. The minimum atomic E-state index is -3.32. The first-order valence-electron chi connectivity index (χ1n) is 9.67. The second-order valence-corrected chi connectivity index (χ2v) is 10.4. The van der Waals surface area contributed by atoms with Crippen LogP contribution in [0.25, 0.3) is 22.2 Å². The van der Waals surface area contributed by atoms with Crippen molar-refractivity contribution in [3.05, 3.63) is 70.6 Å². The number of sulfonamides is 1. The number of anilines is 1. The van der Waals surface area contributed by atoms with Gasteiger partial charge in [0, 0.05) is 26.6 Å². The Kier molecular flexibility index (Phi) is 5.63. The number of hydrogen-bond acceptors (Lipinski definition) is 5. The maximum atomic E-state index is 12.5. The van der Waals surface area contributed by atoms with Crippen molar-refractivity contribution in [2.75, 3.05) is 11.0 Å². The summed E-state index contributed by atoms with van der Waals surface area (Å²) in [7, 11) is -3.32. The third-order valence-electron chi connectivity index (χ3n) is 4.70. The number of rotatable bonds is 6. The van der Waals surface area contributed by atoms with Gasteiger partial charge in [-0.15, -0.1) is 0 Å². The number of nitrogens with zero attached hydrogens (tertiary/aromatic N) is 1. The van der Waals surface area contributed by atoms with Crippen LogP contribution in [0.15, 0.2) is 69.2 Å². The van der Waals surface area contributed by atoms with Crippen LogP contribution in [-0.2, 0) is 10.0 Å². The fraction of sp³-hybridized carbons (Fsp3) is 0.182. The topological polar surface area (TPSA) is 108 Å². The van der Waals surface area contributed by atoms with Crippen molar-refractivity contribution in [3.8, 4) is 11.3 Å². The lowest BCUT2D eigenvalue weighted by Crippen LogP contribution is -2.09. The molecule has 2 heterocycles. The van der Waals surface area contributed by atoms with Gasteiger partial charge in [0.2, 0.25) is 10.0 Å². The first kappa shape index (κ1) is 21.2. The van der Waals surface area contributed by atoms with Gasteiger partial charge in [0.15, 0.2) is 0 Å². The summed E-state index contributed by atoms with van der Waals surface area (Å²) in [6, 6.07) is 16.9. The molecule has 0 aliphatic carbocycles. The average Bonchev–Trinajstić information content (AvgIpc) is 3.10. The summed E-state index contributed by atoms with van der Waals surface area (Å²) in [6.07, 6.45) is 1.12. The van der Waals surface area contributed by atoms with Gasteiger partial charge in [0.05, 0.1) is 23.0 Å². The molecule has 160 valence electrons. The van der Waals surface area contributed by atoms with Crippen LogP contribution in [0.5, 0.6) is 0 Å². The monoisotopic (exact) mass is 454 g/mol. The number of fused-ring (bicyclic) bond motifs is 1. The lowest BCUT2D eigenvalue weighted by Gasteiger charge is -2.11. The van der Waals surface area contributed by atoms with Crippen LogP contribution in [0.4, 0.5) is 5.69 Å². The summed E-state index contributed by atoms with van der Waals surface area (Å²) < 4.78 is 25.3. The minimum absolute atomic E-state index is 0.133. The standard InChI is InChI=1S/C22H22N4O3S2/c1-13(2)21-20(22(27)25-24-21)18-12-19(16-6-4-5-7-17(16)23-18)30-15-10-8-14(9-11-15)26-31(3,28)29/h4-13,26H,1-3H3,(H2,24,25,27). The fourth-order valence-electron chi connectivity index (χ4n) is 3.35. The van der Waals surface area contributed by atoms with E-state index in [-0.39, 0.29) is 11.5 Å². The molecule has 7 nitrogen and oxygen atoms in total. The molecule has 0 aliphatic heterocycles. The van der Waals surface area contributed by atoms with E-state index >= 15 is 0 Å². The Morgan fingerprint density at radius 2 is 1.74 bits per heavy atom. The number of aromatic amines is 2. The molecule has 0 spiro atoms. The zero-order valence-corrected chi connectivity index (χ0v) is 18.9. The second-order valence-electron chi connectivity index (χ2n) is 7.55. The summed E-state index contributed by atoms with van der Waals surface area (Å²) >= 11 is 1.54. The Balaban J connectivity index is 1.78. The highest BCUT2D eigenvalue weighted by Gasteiger charge is 2.18. The average molecular weight is 455 g/mol. The van der Waals surface area contributed by atoms with Crippen molar-refractivity contribution in [2.45, 2.75) is 29.6 Å². The molecular formula is C22H22N4O3S2. The number of pyridine rings is 1. The maximum absolute atomic E-state index is 12.5. The molecule has 0 fully saturated rings. The van der Waals surface area contributed by atoms with Gasteiger partial charge in [-0.3, -0.25) is 14.6 Å². The smallest absolute Gasteiger partial charge is 0.273 e. The number of H-pyrrole nitrogens is 2. The number of para-hydroxylation sites is 1. The SMILES string of the molecule is CC(C)c1[nH][nH]c(=O)c1-c1cc(Sc2ccc(NS(C)(=O)=O)cc2)c2ccccc2n1. The van der Waals surface area contributed by atoms with Gasteiger partial charge in [0.1, 0.15) is 0 Å². The normalized spacial score (nSPS) is 11.9. The van der Waals surface area contributed by atoms with Crippen LogP contribution in [0.1, 0.15) is 25.5 Å². The third-order valence-corrected chi connectivity index (χ3v) is 6.38. The summed E-state index contributed by atoms with van der Waals surface area (Å²) in [6.45, 7) is 4.04. The first-order chi connectivity index (χ1) is 14.7. The predicted octanol–water partition coefficient (Wildman–Crippen LogP) is 4.56. The van der Waals surface area contributed by atoms with Gasteiger partial charge in [-0.05, 0) is 42.3 Å². The van der Waals surface area contributed by atoms with E-state index in [1.54, 1.807) is 12.1 Å². The molecule has 2 aromatic heterocycles. The fourth-order valence-corrected chi connectivity index (χ4v) is 4.89. The van der Waals surface area contributed by atoms with Gasteiger partial charge in [-0.2, -0.15) is 0 Å². The highest BCUT2D eigenvalue weighted by atomic mass is 32.2. The highest BCUT2D eigenvalue weighted by Crippen LogP contribution is 2.36. The van der Waals surface area contributed by atoms with E-state index in [9.17, 15) is 13.2 Å². The summed E-state index contributed by atoms with van der Waals surface area (Å²) in [5.74, 6) is 0.133. The zero-order valence-electron chi connectivity index (χ0n) is 17.3. The lowest BCUT2D eigenvalue weighted by molar-refractivity contribution is 0.607. The molecule has 4 aromatic rings. The van der Waals surface area contributed by atoms with Gasteiger partial charge in [-0.1, -0.05) is 43.8 Å². The molecular weight excluding hydrogens is 432 g/mol. The molecule has 4 rings (SSSR count). The molecule has 31 heavy (non-hydrogen) atoms. The van der Waals surface area contributed by atoms with E-state index < -0.39 is 10.0 Å². The zero-order chi connectivity index (χ0) is 22.2. The number of nitrogens with one attached hydrogen (secondary N) is 3. The van der Waals surface area contributed by atoms with Crippen molar-refractivity contribution in [1.29, 1.82) is 0 Å². The maximum Gasteiger partial charge on any atom is 0.273 e. The van der Waals surface area contributed by atoms with Gasteiger partial charge >= 0.3 is 0 Å². The van der Waals surface area contributed by atoms with Crippen LogP contribution in [0.3, 0.4) is 0 Å². The van der Waals surface area contributed by atoms with Crippen molar-refractivity contribution < 1.29 is 8.42 Å². The number of benzene rings is 2. The van der Waals surface area contributed by atoms with Gasteiger partial charge in [0.25, 0.3) is 5.56 Å². The molecule has 9 heteroatoms. The van der Waals surface area contributed by atoms with Crippen LogP contribution < -0.4 is 10.3 Å². The van der Waals surface area contributed by atoms with Gasteiger partial charge in [-0.25, -0.2) is 13.4 Å². The van der Waals surface area contributed by atoms with Crippen LogP contribution in [0.2, 0.25) is 0 Å². The quantitative estimate of drug-likeness (QED) is 0.396. The second kappa shape index (κ2) is 8.24. The Morgan fingerprint density at radius 3 is 2.42 bits per heavy atom. The van der Waals surface area contributed by atoms with Crippen LogP contribution in [-0.4, -0.2) is 29.9 Å². The lowest BCUT2D eigenvalue weighted by atomic mass is 10.0. The Bertz CT molecular complexity index is 1400. The van der Waals surface area contributed by atoms with E-state index in [0.717, 1.165) is 32.6 Å². The van der Waals surface area contributed by atoms with Crippen LogP contribution >= 0.6 is 11.8 Å². The van der Waals surface area contributed by atoms with Crippen molar-refractivity contribution in [2.24, 2.45) is 0 Å². The molecule has 2 aromatic carbocycles. The van der Waals surface area contributed by atoms with Crippen LogP contribution in [0, 0.1) is 0 Å². The first-order valence-corrected chi connectivity index (χ1v) is 12.4. The highest BCUT2D eigenvalue weighted by molar-refractivity contribution is 7.99. The van der Waals surface area contributed by atoms with E-state index in [1.807, 2.05) is 56.3 Å². The Hall–Kier alpha value is -3.04. The molecule has 0 unspecified atom stereocenters. The molecule has 3 N–H and O–H groups in total. The molecule has 0 saturated heterocycles. The van der Waals surface area contributed by atoms with E-state index in [2.05, 4.69) is 14.9 Å². The third kappa shape index (κ3) is 4.67. The molecule has 0 radical (unpaired) electrons. The Morgan fingerprint density at radius 1 is 1.03 bits per heavy atom. The minimum Gasteiger partial charge on any atom is -0.301 e. The van der Waals surface area contributed by atoms with Crippen molar-refractivity contribution in [1.82, 2.24) is 15.2 Å². The molecule has 0 saturated carbocycles. The Labute approximate surface area is 184 Å². The van der Waals surface area contributed by atoms with Gasteiger partial charge < -0.3 is 5.10 Å². The summed E-state index contributed by atoms with van der Waals surface area (Å²) in [5.41, 5.74) is 3.09.